The lowest BCUT2D eigenvalue weighted by molar-refractivity contribution is 0.0608. The van der Waals surface area contributed by atoms with Crippen molar-refractivity contribution < 1.29 is 19.1 Å². The molecule has 1 aliphatic heterocycles. The summed E-state index contributed by atoms with van der Waals surface area (Å²) in [4.78, 5) is 20.7. The summed E-state index contributed by atoms with van der Waals surface area (Å²) in [5.74, 6) is 1.43. The minimum atomic E-state index is -0.322. The van der Waals surface area contributed by atoms with Gasteiger partial charge in [0, 0.05) is 24.2 Å². The molecule has 0 spiro atoms. The number of rotatable bonds is 8. The van der Waals surface area contributed by atoms with E-state index in [9.17, 15) is 10.1 Å². The van der Waals surface area contributed by atoms with Crippen molar-refractivity contribution in [3.8, 4) is 17.6 Å². The molecule has 3 aromatic rings. The Morgan fingerprint density at radius 2 is 1.94 bits per heavy atom. The maximum atomic E-state index is 13.3. The quantitative estimate of drug-likeness (QED) is 0.510. The zero-order valence-corrected chi connectivity index (χ0v) is 19.6. The Balaban J connectivity index is 1.51. The third-order valence-corrected chi connectivity index (χ3v) is 5.61. The Bertz CT molecular complexity index is 1270. The number of nitrogens with zero attached hydrogens (tertiary/aromatic N) is 3. The van der Waals surface area contributed by atoms with Gasteiger partial charge in [-0.25, -0.2) is 4.79 Å². The fourth-order valence-corrected chi connectivity index (χ4v) is 3.89. The molecule has 0 fully saturated rings. The number of nitriles is 1. The van der Waals surface area contributed by atoms with E-state index in [2.05, 4.69) is 16.5 Å². The number of hydrogen-bond acceptors (Lipinski definition) is 6. The number of carbonyl (C=O) groups excluding carboxylic acids is 1. The predicted molar refractivity (Wildman–Crippen MR) is 133 cm³/mol. The van der Waals surface area contributed by atoms with E-state index in [0.717, 1.165) is 22.6 Å². The molecule has 0 aliphatic carbocycles. The highest BCUT2D eigenvalue weighted by molar-refractivity contribution is 6.03. The van der Waals surface area contributed by atoms with Gasteiger partial charge in [-0.1, -0.05) is 35.5 Å². The van der Waals surface area contributed by atoms with Crippen LogP contribution in [0.5, 0.6) is 11.5 Å². The fraction of sp³-hybridized carbons (Fsp3) is 0.222. The number of anilines is 1. The van der Waals surface area contributed by atoms with Crippen molar-refractivity contribution in [1.29, 1.82) is 5.26 Å². The van der Waals surface area contributed by atoms with Gasteiger partial charge >= 0.3 is 6.03 Å². The molecule has 0 aromatic heterocycles. The van der Waals surface area contributed by atoms with Gasteiger partial charge in [0.2, 0.25) is 0 Å². The zero-order valence-electron chi connectivity index (χ0n) is 19.6. The second kappa shape index (κ2) is 11.1. The summed E-state index contributed by atoms with van der Waals surface area (Å²) in [7, 11) is 3.23. The molecule has 1 heterocycles. The number of para-hydroxylation sites is 1. The van der Waals surface area contributed by atoms with Crippen LogP contribution in [0.15, 0.2) is 78.0 Å². The highest BCUT2D eigenvalue weighted by atomic mass is 16.6. The Morgan fingerprint density at radius 3 is 2.74 bits per heavy atom. The Hall–Kier alpha value is -4.51. The molecule has 0 bridgehead atoms. The lowest BCUT2D eigenvalue weighted by Crippen LogP contribution is -2.40. The standard InChI is InChI=1S/C27H26N4O4/c1-33-22-10-6-8-20(14-22)17-31(27(32)29-21-9-5-7-19(13-21)16-28)18-23-15-25(30-35-23)24-11-3-4-12-26(24)34-2/h3-14,23H,15,17-18H2,1-2H3,(H,29,32)/t23-/m0/s1. The summed E-state index contributed by atoms with van der Waals surface area (Å²) in [5, 5.41) is 16.3. The molecule has 2 amide bonds. The van der Waals surface area contributed by atoms with Crippen LogP contribution in [-0.2, 0) is 11.4 Å². The van der Waals surface area contributed by atoms with E-state index in [4.69, 9.17) is 14.3 Å². The highest BCUT2D eigenvalue weighted by Crippen LogP contribution is 2.25. The molecule has 178 valence electrons. The zero-order chi connectivity index (χ0) is 24.6. The largest absolute Gasteiger partial charge is 0.497 e. The maximum absolute atomic E-state index is 13.3. The van der Waals surface area contributed by atoms with Crippen LogP contribution in [0.4, 0.5) is 10.5 Å². The lowest BCUT2D eigenvalue weighted by Gasteiger charge is -2.25. The molecule has 1 N–H and O–H groups in total. The average Bonchev–Trinajstić information content (AvgIpc) is 3.36. The van der Waals surface area contributed by atoms with Crippen molar-refractivity contribution in [2.75, 3.05) is 26.1 Å². The second-order valence-corrected chi connectivity index (χ2v) is 8.02. The van der Waals surface area contributed by atoms with Crippen LogP contribution in [0.2, 0.25) is 0 Å². The number of ether oxygens (including phenoxy) is 2. The van der Waals surface area contributed by atoms with Crippen molar-refractivity contribution in [2.24, 2.45) is 5.16 Å². The molecular formula is C27H26N4O4. The van der Waals surface area contributed by atoms with Crippen LogP contribution in [0.3, 0.4) is 0 Å². The van der Waals surface area contributed by atoms with Crippen molar-refractivity contribution >= 4 is 17.4 Å². The van der Waals surface area contributed by atoms with Crippen molar-refractivity contribution in [3.63, 3.8) is 0 Å². The molecule has 35 heavy (non-hydrogen) atoms. The number of urea groups is 1. The van der Waals surface area contributed by atoms with Crippen molar-refractivity contribution in [1.82, 2.24) is 4.90 Å². The predicted octanol–water partition coefficient (Wildman–Crippen LogP) is 4.80. The number of hydrogen-bond donors (Lipinski definition) is 1. The number of nitrogens with one attached hydrogen (secondary N) is 1. The normalized spacial score (nSPS) is 14.3. The number of carbonyl (C=O) groups is 1. The van der Waals surface area contributed by atoms with Gasteiger partial charge in [-0.2, -0.15) is 5.26 Å². The van der Waals surface area contributed by atoms with Crippen LogP contribution >= 0.6 is 0 Å². The number of oxime groups is 1. The molecule has 0 saturated heterocycles. The molecule has 4 rings (SSSR count). The fourth-order valence-electron chi connectivity index (χ4n) is 3.89. The van der Waals surface area contributed by atoms with Crippen molar-refractivity contribution in [3.05, 3.63) is 89.5 Å². The van der Waals surface area contributed by atoms with Crippen LogP contribution in [0.1, 0.15) is 23.1 Å². The highest BCUT2D eigenvalue weighted by Gasteiger charge is 2.28. The van der Waals surface area contributed by atoms with E-state index < -0.39 is 0 Å². The third kappa shape index (κ3) is 5.89. The SMILES string of the molecule is COc1cccc(CN(C[C@@H]2CC(c3ccccc3OC)=NO2)C(=O)Nc2cccc(C#N)c2)c1. The third-order valence-electron chi connectivity index (χ3n) is 5.61. The molecule has 8 heteroatoms. The first-order valence-corrected chi connectivity index (χ1v) is 11.1. The first-order chi connectivity index (χ1) is 17.1. The summed E-state index contributed by atoms with van der Waals surface area (Å²) < 4.78 is 10.8. The first kappa shape index (κ1) is 23.6. The summed E-state index contributed by atoms with van der Waals surface area (Å²) in [6, 6.07) is 23.8. The Kier molecular flexibility index (Phi) is 7.48. The van der Waals surface area contributed by atoms with Gasteiger partial charge in [0.05, 0.1) is 38.1 Å². The van der Waals surface area contributed by atoms with Gasteiger partial charge in [0.15, 0.2) is 6.10 Å². The van der Waals surface area contributed by atoms with E-state index in [1.54, 1.807) is 43.4 Å². The monoisotopic (exact) mass is 470 g/mol. The molecule has 0 unspecified atom stereocenters. The maximum Gasteiger partial charge on any atom is 0.322 e. The van der Waals surface area contributed by atoms with Crippen LogP contribution in [0, 0.1) is 11.3 Å². The van der Waals surface area contributed by atoms with Crippen molar-refractivity contribution in [2.45, 2.75) is 19.1 Å². The second-order valence-electron chi connectivity index (χ2n) is 8.02. The molecular weight excluding hydrogens is 444 g/mol. The van der Waals surface area contributed by atoms with Gasteiger partial charge in [0.25, 0.3) is 0 Å². The lowest BCUT2D eigenvalue weighted by atomic mass is 10.0. The molecule has 1 aliphatic rings. The van der Waals surface area contributed by atoms with Crippen LogP contribution in [-0.4, -0.2) is 43.5 Å². The summed E-state index contributed by atoms with van der Waals surface area (Å²) in [6.45, 7) is 0.647. The minimum Gasteiger partial charge on any atom is -0.497 e. The number of methoxy groups -OCH3 is 2. The average molecular weight is 471 g/mol. The topological polar surface area (TPSA) is 96.2 Å². The van der Waals surface area contributed by atoms with Gasteiger partial charge in [-0.15, -0.1) is 0 Å². The van der Waals surface area contributed by atoms with E-state index in [1.165, 1.54) is 0 Å². The summed E-state index contributed by atoms with van der Waals surface area (Å²) in [6.07, 6.45) is 0.211. The van der Waals surface area contributed by atoms with Crippen LogP contribution in [0.25, 0.3) is 0 Å². The molecule has 1 atom stereocenters. The molecule has 0 saturated carbocycles. The Morgan fingerprint density at radius 1 is 1.11 bits per heavy atom. The summed E-state index contributed by atoms with van der Waals surface area (Å²) in [5.41, 5.74) is 3.57. The Labute approximate surface area is 204 Å². The van der Waals surface area contributed by atoms with Gasteiger partial charge in [-0.05, 0) is 48.0 Å². The van der Waals surface area contributed by atoms with Gasteiger partial charge in [-0.3, -0.25) is 0 Å². The minimum absolute atomic E-state index is 0.308. The van der Waals surface area contributed by atoms with Crippen LogP contribution < -0.4 is 14.8 Å². The van der Waals surface area contributed by atoms with E-state index >= 15 is 0 Å². The van der Waals surface area contributed by atoms with Gasteiger partial charge in [0.1, 0.15) is 11.5 Å². The van der Waals surface area contributed by atoms with Gasteiger partial charge < -0.3 is 24.5 Å². The van der Waals surface area contributed by atoms with E-state index in [-0.39, 0.29) is 12.1 Å². The molecule has 0 radical (unpaired) electrons. The van der Waals surface area contributed by atoms with E-state index in [0.29, 0.717) is 36.5 Å². The number of benzene rings is 3. The first-order valence-electron chi connectivity index (χ1n) is 11.1. The molecule has 3 aromatic carbocycles. The van der Waals surface area contributed by atoms with E-state index in [1.807, 2.05) is 48.5 Å². The molecule has 8 nitrogen and oxygen atoms in total. The smallest absolute Gasteiger partial charge is 0.322 e. The summed E-state index contributed by atoms with van der Waals surface area (Å²) >= 11 is 0. The number of amides is 2.